The summed E-state index contributed by atoms with van der Waals surface area (Å²) >= 11 is 0. The van der Waals surface area contributed by atoms with Gasteiger partial charge in [-0.2, -0.15) is 0 Å². The SMILES string of the molecule is CC(C)CN(Cc1ccnc(NN)c1)C1CCCC1. The van der Waals surface area contributed by atoms with E-state index in [1.54, 1.807) is 0 Å². The van der Waals surface area contributed by atoms with Gasteiger partial charge in [0.15, 0.2) is 0 Å². The van der Waals surface area contributed by atoms with Crippen molar-refractivity contribution in [2.75, 3.05) is 12.0 Å². The number of pyridine rings is 1. The topological polar surface area (TPSA) is 54.2 Å². The number of nitrogen functional groups attached to an aromatic ring is 1. The van der Waals surface area contributed by atoms with Gasteiger partial charge in [0.25, 0.3) is 0 Å². The maximum atomic E-state index is 5.43. The summed E-state index contributed by atoms with van der Waals surface area (Å²) in [4.78, 5) is 6.80. The Bertz CT molecular complexity index is 385. The molecule has 1 heterocycles. The van der Waals surface area contributed by atoms with Crippen LogP contribution >= 0.6 is 0 Å². The molecule has 0 atom stereocenters. The number of nitrogens with one attached hydrogen (secondary N) is 1. The Morgan fingerprint density at radius 1 is 1.42 bits per heavy atom. The van der Waals surface area contributed by atoms with Crippen molar-refractivity contribution in [1.82, 2.24) is 9.88 Å². The molecule has 1 aromatic rings. The van der Waals surface area contributed by atoms with Crippen molar-refractivity contribution < 1.29 is 0 Å². The highest BCUT2D eigenvalue weighted by Crippen LogP contribution is 2.26. The van der Waals surface area contributed by atoms with Crippen LogP contribution in [0.15, 0.2) is 18.3 Å². The van der Waals surface area contributed by atoms with E-state index in [0.29, 0.717) is 5.92 Å². The Balaban J connectivity index is 2.05. The van der Waals surface area contributed by atoms with Crippen LogP contribution in [0.2, 0.25) is 0 Å². The lowest BCUT2D eigenvalue weighted by Gasteiger charge is -2.30. The van der Waals surface area contributed by atoms with Crippen molar-refractivity contribution in [2.45, 2.75) is 52.1 Å². The molecule has 1 aliphatic rings. The standard InChI is InChI=1S/C15H26N4/c1-12(2)10-19(14-5-3-4-6-14)11-13-7-8-17-15(9-13)18-16/h7-9,12,14H,3-6,10-11,16H2,1-2H3,(H,17,18). The highest BCUT2D eigenvalue weighted by molar-refractivity contribution is 5.35. The van der Waals surface area contributed by atoms with Crippen molar-refractivity contribution in [2.24, 2.45) is 11.8 Å². The van der Waals surface area contributed by atoms with E-state index in [-0.39, 0.29) is 0 Å². The molecule has 106 valence electrons. The van der Waals surface area contributed by atoms with E-state index in [0.717, 1.165) is 18.4 Å². The molecule has 4 nitrogen and oxygen atoms in total. The quantitative estimate of drug-likeness (QED) is 0.611. The highest BCUT2D eigenvalue weighted by Gasteiger charge is 2.23. The van der Waals surface area contributed by atoms with E-state index in [9.17, 15) is 0 Å². The summed E-state index contributed by atoms with van der Waals surface area (Å²) in [5, 5.41) is 0. The maximum Gasteiger partial charge on any atom is 0.140 e. The summed E-state index contributed by atoms with van der Waals surface area (Å²) in [6.45, 7) is 6.75. The van der Waals surface area contributed by atoms with Gasteiger partial charge in [-0.15, -0.1) is 0 Å². The van der Waals surface area contributed by atoms with Crippen molar-refractivity contribution in [1.29, 1.82) is 0 Å². The minimum atomic E-state index is 0.703. The van der Waals surface area contributed by atoms with Crippen LogP contribution in [0.4, 0.5) is 5.82 Å². The van der Waals surface area contributed by atoms with E-state index in [4.69, 9.17) is 5.84 Å². The zero-order chi connectivity index (χ0) is 13.7. The predicted octanol–water partition coefficient (Wildman–Crippen LogP) is 2.77. The molecule has 1 aromatic heterocycles. The molecular formula is C15H26N4. The lowest BCUT2D eigenvalue weighted by atomic mass is 10.1. The first kappa shape index (κ1) is 14.3. The number of hydrogen-bond donors (Lipinski definition) is 2. The van der Waals surface area contributed by atoms with Crippen LogP contribution in [0.5, 0.6) is 0 Å². The molecule has 0 amide bonds. The molecule has 1 aliphatic carbocycles. The first-order valence-electron chi connectivity index (χ1n) is 7.34. The number of hydrazine groups is 1. The zero-order valence-corrected chi connectivity index (χ0v) is 12.1. The first-order valence-corrected chi connectivity index (χ1v) is 7.34. The van der Waals surface area contributed by atoms with Crippen LogP contribution < -0.4 is 11.3 Å². The second-order valence-corrected chi connectivity index (χ2v) is 5.96. The van der Waals surface area contributed by atoms with Crippen molar-refractivity contribution >= 4 is 5.82 Å². The average molecular weight is 262 g/mol. The van der Waals surface area contributed by atoms with Crippen LogP contribution in [-0.2, 0) is 6.54 Å². The van der Waals surface area contributed by atoms with Crippen LogP contribution in [0.1, 0.15) is 45.1 Å². The van der Waals surface area contributed by atoms with Crippen molar-refractivity contribution in [3.8, 4) is 0 Å². The summed E-state index contributed by atoms with van der Waals surface area (Å²) in [5.74, 6) is 6.87. The number of anilines is 1. The monoisotopic (exact) mass is 262 g/mol. The molecule has 0 saturated heterocycles. The Morgan fingerprint density at radius 2 is 2.16 bits per heavy atom. The fourth-order valence-electron chi connectivity index (χ4n) is 2.97. The van der Waals surface area contributed by atoms with Crippen LogP contribution in [0, 0.1) is 5.92 Å². The minimum Gasteiger partial charge on any atom is -0.308 e. The van der Waals surface area contributed by atoms with Gasteiger partial charge >= 0.3 is 0 Å². The number of nitrogens with two attached hydrogens (primary N) is 1. The van der Waals surface area contributed by atoms with Crippen molar-refractivity contribution in [3.05, 3.63) is 23.9 Å². The van der Waals surface area contributed by atoms with E-state index in [1.807, 2.05) is 12.3 Å². The molecule has 1 fully saturated rings. The van der Waals surface area contributed by atoms with Gasteiger partial charge in [-0.3, -0.25) is 4.90 Å². The molecule has 19 heavy (non-hydrogen) atoms. The normalized spacial score (nSPS) is 16.5. The summed E-state index contributed by atoms with van der Waals surface area (Å²) in [6.07, 6.45) is 7.28. The number of rotatable bonds is 6. The molecule has 4 heteroatoms. The Hall–Kier alpha value is -1.13. The molecule has 0 aromatic carbocycles. The van der Waals surface area contributed by atoms with Crippen LogP contribution in [0.25, 0.3) is 0 Å². The second kappa shape index (κ2) is 6.87. The van der Waals surface area contributed by atoms with E-state index in [1.165, 1.54) is 37.8 Å². The molecule has 3 N–H and O–H groups in total. The fraction of sp³-hybridized carbons (Fsp3) is 0.667. The van der Waals surface area contributed by atoms with Gasteiger partial charge < -0.3 is 5.43 Å². The fourth-order valence-corrected chi connectivity index (χ4v) is 2.97. The van der Waals surface area contributed by atoms with E-state index in [2.05, 4.69) is 35.2 Å². The summed E-state index contributed by atoms with van der Waals surface area (Å²) in [7, 11) is 0. The molecule has 0 radical (unpaired) electrons. The molecule has 1 saturated carbocycles. The Morgan fingerprint density at radius 3 is 2.79 bits per heavy atom. The van der Waals surface area contributed by atoms with Crippen LogP contribution in [-0.4, -0.2) is 22.5 Å². The second-order valence-electron chi connectivity index (χ2n) is 5.96. The summed E-state index contributed by atoms with van der Waals surface area (Å²) < 4.78 is 0. The molecular weight excluding hydrogens is 236 g/mol. The van der Waals surface area contributed by atoms with Crippen molar-refractivity contribution in [3.63, 3.8) is 0 Å². The molecule has 0 bridgehead atoms. The Kier molecular flexibility index (Phi) is 5.16. The van der Waals surface area contributed by atoms with Gasteiger partial charge in [-0.25, -0.2) is 10.8 Å². The largest absolute Gasteiger partial charge is 0.308 e. The van der Waals surface area contributed by atoms with E-state index < -0.39 is 0 Å². The molecule has 0 unspecified atom stereocenters. The van der Waals surface area contributed by atoms with Gasteiger partial charge in [0.1, 0.15) is 5.82 Å². The summed E-state index contributed by atoms with van der Waals surface area (Å²) in [5.41, 5.74) is 3.91. The third kappa shape index (κ3) is 4.18. The third-order valence-corrected chi connectivity index (χ3v) is 3.80. The third-order valence-electron chi connectivity index (χ3n) is 3.80. The van der Waals surface area contributed by atoms with E-state index >= 15 is 0 Å². The van der Waals surface area contributed by atoms with Gasteiger partial charge in [0.05, 0.1) is 0 Å². The van der Waals surface area contributed by atoms with Gasteiger partial charge in [-0.1, -0.05) is 26.7 Å². The van der Waals surface area contributed by atoms with Gasteiger partial charge in [0, 0.05) is 25.3 Å². The average Bonchev–Trinajstić information content (AvgIpc) is 2.91. The molecule has 2 rings (SSSR count). The lowest BCUT2D eigenvalue weighted by Crippen LogP contribution is -2.35. The molecule has 0 aliphatic heterocycles. The number of hydrogen-bond acceptors (Lipinski definition) is 4. The zero-order valence-electron chi connectivity index (χ0n) is 12.1. The Labute approximate surface area is 116 Å². The van der Waals surface area contributed by atoms with Gasteiger partial charge in [0.2, 0.25) is 0 Å². The maximum absolute atomic E-state index is 5.43. The highest BCUT2D eigenvalue weighted by atomic mass is 15.2. The predicted molar refractivity (Wildman–Crippen MR) is 79.6 cm³/mol. The smallest absolute Gasteiger partial charge is 0.140 e. The van der Waals surface area contributed by atoms with Gasteiger partial charge in [-0.05, 0) is 36.5 Å². The lowest BCUT2D eigenvalue weighted by molar-refractivity contribution is 0.168. The summed E-state index contributed by atoms with van der Waals surface area (Å²) in [6, 6.07) is 4.88. The molecule has 0 spiro atoms. The van der Waals surface area contributed by atoms with Crippen LogP contribution in [0.3, 0.4) is 0 Å². The number of aromatic nitrogens is 1. The number of nitrogens with zero attached hydrogens (tertiary/aromatic N) is 2. The minimum absolute atomic E-state index is 0.703. The first-order chi connectivity index (χ1) is 9.19.